The first-order valence-corrected chi connectivity index (χ1v) is 9.97. The number of aromatic nitrogens is 1. The fraction of sp³-hybridized carbons (Fsp3) is 0.455. The Morgan fingerprint density at radius 3 is 2.55 bits per heavy atom. The average Bonchev–Trinajstić information content (AvgIpc) is 2.73. The minimum Gasteiger partial charge on any atom is -0.379 e. The smallest absolute Gasteiger partial charge is 0.191 e. The number of nitrogens with zero attached hydrogens (tertiary/aromatic N) is 3. The maximum absolute atomic E-state index is 5.45. The molecule has 1 aromatic heterocycles. The molecule has 2 heterocycles. The van der Waals surface area contributed by atoms with E-state index in [-0.39, 0.29) is 24.0 Å². The number of halogens is 1. The molecule has 3 rings (SSSR count). The van der Waals surface area contributed by atoms with Crippen molar-refractivity contribution in [3.8, 4) is 0 Å². The maximum Gasteiger partial charge on any atom is 0.191 e. The number of aliphatic imine (C=N–C) groups is 1. The molecule has 0 saturated carbocycles. The van der Waals surface area contributed by atoms with Crippen LogP contribution < -0.4 is 10.6 Å². The summed E-state index contributed by atoms with van der Waals surface area (Å²) >= 11 is 0. The van der Waals surface area contributed by atoms with Crippen LogP contribution in [0.5, 0.6) is 0 Å². The SMILES string of the molecule is CN=C(NCCc1ccc(C)nc1)NCc1ccccc1CN1CCOCC1.I. The molecule has 0 amide bonds. The lowest BCUT2D eigenvalue weighted by Gasteiger charge is -2.27. The predicted octanol–water partition coefficient (Wildman–Crippen LogP) is 2.75. The van der Waals surface area contributed by atoms with Crippen LogP contribution in [-0.4, -0.2) is 55.7 Å². The van der Waals surface area contributed by atoms with Crippen molar-refractivity contribution in [2.24, 2.45) is 4.99 Å². The molecule has 0 spiro atoms. The number of guanidine groups is 1. The van der Waals surface area contributed by atoms with E-state index < -0.39 is 0 Å². The van der Waals surface area contributed by atoms with E-state index >= 15 is 0 Å². The molecular formula is C22H32IN5O. The van der Waals surface area contributed by atoms with E-state index in [1.807, 2.05) is 26.2 Å². The van der Waals surface area contributed by atoms with Crippen molar-refractivity contribution in [1.82, 2.24) is 20.5 Å². The highest BCUT2D eigenvalue weighted by atomic mass is 127. The van der Waals surface area contributed by atoms with Gasteiger partial charge in [0, 0.05) is 51.7 Å². The zero-order valence-corrected chi connectivity index (χ0v) is 19.7. The van der Waals surface area contributed by atoms with E-state index in [0.29, 0.717) is 0 Å². The number of ether oxygens (including phenoxy) is 1. The molecule has 1 saturated heterocycles. The first-order chi connectivity index (χ1) is 13.7. The number of aryl methyl sites for hydroxylation is 1. The van der Waals surface area contributed by atoms with Gasteiger partial charge in [0.25, 0.3) is 0 Å². The van der Waals surface area contributed by atoms with Crippen molar-refractivity contribution in [2.45, 2.75) is 26.4 Å². The van der Waals surface area contributed by atoms with Crippen LogP contribution in [0.3, 0.4) is 0 Å². The molecule has 2 N–H and O–H groups in total. The molecule has 0 aliphatic carbocycles. The third kappa shape index (κ3) is 7.91. The molecule has 6 nitrogen and oxygen atoms in total. The molecule has 0 atom stereocenters. The van der Waals surface area contributed by atoms with Crippen molar-refractivity contribution in [3.05, 3.63) is 65.0 Å². The molecule has 29 heavy (non-hydrogen) atoms. The van der Waals surface area contributed by atoms with E-state index in [2.05, 4.69) is 55.8 Å². The van der Waals surface area contributed by atoms with Crippen molar-refractivity contribution in [3.63, 3.8) is 0 Å². The minimum atomic E-state index is 0. The summed E-state index contributed by atoms with van der Waals surface area (Å²) in [5.74, 6) is 0.821. The summed E-state index contributed by atoms with van der Waals surface area (Å²) < 4.78 is 5.45. The molecule has 1 aliphatic rings. The average molecular weight is 509 g/mol. The van der Waals surface area contributed by atoms with Gasteiger partial charge in [0.2, 0.25) is 0 Å². The van der Waals surface area contributed by atoms with Crippen LogP contribution in [0.25, 0.3) is 0 Å². The number of rotatable bonds is 7. The topological polar surface area (TPSA) is 61.8 Å². The second kappa shape index (κ2) is 12.8. The second-order valence-electron chi connectivity index (χ2n) is 7.07. The van der Waals surface area contributed by atoms with Gasteiger partial charge in [-0.3, -0.25) is 14.9 Å². The van der Waals surface area contributed by atoms with E-state index in [1.54, 1.807) is 0 Å². The van der Waals surface area contributed by atoms with E-state index in [4.69, 9.17) is 4.74 Å². The summed E-state index contributed by atoms with van der Waals surface area (Å²) in [6, 6.07) is 12.8. The highest BCUT2D eigenvalue weighted by Crippen LogP contribution is 2.13. The Morgan fingerprint density at radius 2 is 1.86 bits per heavy atom. The highest BCUT2D eigenvalue weighted by molar-refractivity contribution is 14.0. The van der Waals surface area contributed by atoms with Crippen LogP contribution in [-0.2, 0) is 24.2 Å². The molecule has 2 aromatic rings. The van der Waals surface area contributed by atoms with Crippen molar-refractivity contribution < 1.29 is 4.74 Å². The van der Waals surface area contributed by atoms with Crippen molar-refractivity contribution >= 4 is 29.9 Å². The Morgan fingerprint density at radius 1 is 1.10 bits per heavy atom. The van der Waals surface area contributed by atoms with E-state index in [1.165, 1.54) is 16.7 Å². The Labute approximate surface area is 191 Å². The number of morpholine rings is 1. The Balaban J connectivity index is 0.00000300. The Kier molecular flexibility index (Phi) is 10.4. The van der Waals surface area contributed by atoms with Gasteiger partial charge in [-0.15, -0.1) is 24.0 Å². The van der Waals surface area contributed by atoms with Gasteiger partial charge in [0.05, 0.1) is 13.2 Å². The summed E-state index contributed by atoms with van der Waals surface area (Å²) in [4.78, 5) is 11.1. The third-order valence-electron chi connectivity index (χ3n) is 4.96. The monoisotopic (exact) mass is 509 g/mol. The largest absolute Gasteiger partial charge is 0.379 e. The van der Waals surface area contributed by atoms with Gasteiger partial charge >= 0.3 is 0 Å². The Bertz CT molecular complexity index is 760. The van der Waals surface area contributed by atoms with Crippen LogP contribution in [0.4, 0.5) is 0 Å². The summed E-state index contributed by atoms with van der Waals surface area (Å²) in [7, 11) is 1.81. The molecule has 1 aromatic carbocycles. The van der Waals surface area contributed by atoms with Crippen molar-refractivity contribution in [1.29, 1.82) is 0 Å². The number of benzene rings is 1. The number of nitrogens with one attached hydrogen (secondary N) is 2. The summed E-state index contributed by atoms with van der Waals surface area (Å²) in [5.41, 5.74) is 4.94. The maximum atomic E-state index is 5.45. The first-order valence-electron chi connectivity index (χ1n) is 9.97. The summed E-state index contributed by atoms with van der Waals surface area (Å²) in [6.07, 6.45) is 2.86. The van der Waals surface area contributed by atoms with Crippen molar-refractivity contribution in [2.75, 3.05) is 39.9 Å². The predicted molar refractivity (Wildman–Crippen MR) is 129 cm³/mol. The molecule has 1 fully saturated rings. The minimum absolute atomic E-state index is 0. The molecule has 0 unspecified atom stereocenters. The molecule has 0 radical (unpaired) electrons. The molecule has 7 heteroatoms. The van der Waals surface area contributed by atoms with Crippen LogP contribution in [0.2, 0.25) is 0 Å². The van der Waals surface area contributed by atoms with Crippen LogP contribution in [0, 0.1) is 6.92 Å². The van der Waals surface area contributed by atoms with E-state index in [9.17, 15) is 0 Å². The van der Waals surface area contributed by atoms with Gasteiger partial charge in [0.15, 0.2) is 5.96 Å². The van der Waals surface area contributed by atoms with Gasteiger partial charge in [-0.1, -0.05) is 30.3 Å². The third-order valence-corrected chi connectivity index (χ3v) is 4.96. The lowest BCUT2D eigenvalue weighted by atomic mass is 10.1. The standard InChI is InChI=1S/C22H31N5O.HI/c1-18-7-8-19(15-25-18)9-10-24-22(23-2)26-16-20-5-3-4-6-21(20)17-27-11-13-28-14-12-27;/h3-8,15H,9-14,16-17H2,1-2H3,(H2,23,24,26);1H. The molecule has 0 bridgehead atoms. The van der Waals surface area contributed by atoms with Gasteiger partial charge in [-0.05, 0) is 36.1 Å². The molecule has 158 valence electrons. The lowest BCUT2D eigenvalue weighted by molar-refractivity contribution is 0.0341. The number of pyridine rings is 1. The molecular weight excluding hydrogens is 477 g/mol. The summed E-state index contributed by atoms with van der Waals surface area (Å²) in [6.45, 7) is 8.20. The van der Waals surface area contributed by atoms with E-state index in [0.717, 1.165) is 64.0 Å². The summed E-state index contributed by atoms with van der Waals surface area (Å²) in [5, 5.41) is 6.83. The highest BCUT2D eigenvalue weighted by Gasteiger charge is 2.12. The van der Waals surface area contributed by atoms with Gasteiger partial charge in [-0.2, -0.15) is 0 Å². The zero-order chi connectivity index (χ0) is 19.6. The van der Waals surface area contributed by atoms with Gasteiger partial charge < -0.3 is 15.4 Å². The van der Waals surface area contributed by atoms with Crippen LogP contribution in [0.15, 0.2) is 47.6 Å². The zero-order valence-electron chi connectivity index (χ0n) is 17.4. The second-order valence-corrected chi connectivity index (χ2v) is 7.07. The lowest BCUT2D eigenvalue weighted by Crippen LogP contribution is -2.38. The Hall–Kier alpha value is -1.71. The fourth-order valence-corrected chi connectivity index (χ4v) is 3.26. The van der Waals surface area contributed by atoms with Gasteiger partial charge in [-0.25, -0.2) is 0 Å². The van der Waals surface area contributed by atoms with Crippen LogP contribution in [0.1, 0.15) is 22.4 Å². The fourth-order valence-electron chi connectivity index (χ4n) is 3.26. The first kappa shape index (κ1) is 23.6. The molecule has 1 aliphatic heterocycles. The normalized spacial score (nSPS) is 14.9. The number of hydrogen-bond acceptors (Lipinski definition) is 4. The quantitative estimate of drug-likeness (QED) is 0.342. The number of hydrogen-bond donors (Lipinski definition) is 2. The van der Waals surface area contributed by atoms with Gasteiger partial charge in [0.1, 0.15) is 0 Å². The van der Waals surface area contributed by atoms with Crippen LogP contribution >= 0.6 is 24.0 Å².